The Morgan fingerprint density at radius 1 is 0.875 bits per heavy atom. The monoisotopic (exact) mass is 357 g/mol. The number of halogens is 1. The van der Waals surface area contributed by atoms with Crippen LogP contribution in [-0.2, 0) is 9.31 Å². The maximum Gasteiger partial charge on any atom is 0.496 e. The predicted molar refractivity (Wildman–Crippen MR) is 97.6 cm³/mol. The third-order valence-corrected chi connectivity index (χ3v) is 4.95. The van der Waals surface area contributed by atoms with Crippen molar-refractivity contribution in [1.82, 2.24) is 4.98 Å². The highest BCUT2D eigenvalue weighted by atomic mass is 35.5. The summed E-state index contributed by atoms with van der Waals surface area (Å²) in [6.07, 6.45) is 3.11. The van der Waals surface area contributed by atoms with E-state index < -0.39 is 29.5 Å². The van der Waals surface area contributed by atoms with Crippen LogP contribution in [0.1, 0.15) is 55.4 Å². The van der Waals surface area contributed by atoms with Crippen molar-refractivity contribution in [3.63, 3.8) is 0 Å². The van der Waals surface area contributed by atoms with Crippen LogP contribution in [-0.4, -0.2) is 44.7 Å². The van der Waals surface area contributed by atoms with Crippen molar-refractivity contribution in [2.24, 2.45) is 0 Å². The first-order valence-corrected chi connectivity index (χ1v) is 8.35. The van der Waals surface area contributed by atoms with E-state index in [0.717, 1.165) is 0 Å². The first-order chi connectivity index (χ1) is 10.6. The maximum absolute atomic E-state index is 10.4. The fraction of sp³-hybridized carbons (Fsp3) is 0.706. The van der Waals surface area contributed by atoms with Crippen molar-refractivity contribution in [3.8, 4) is 0 Å². The minimum atomic E-state index is -1.11. The molecule has 0 aliphatic rings. The molecule has 0 aliphatic carbocycles. The zero-order chi connectivity index (χ0) is 19.0. The molecule has 1 aromatic heterocycles. The fourth-order valence-corrected chi connectivity index (χ4v) is 1.72. The minimum absolute atomic E-state index is 0.451. The van der Waals surface area contributed by atoms with Crippen LogP contribution in [0.2, 0.25) is 5.02 Å². The quantitative estimate of drug-likeness (QED) is 0.734. The van der Waals surface area contributed by atoms with Crippen LogP contribution < -0.4 is 5.46 Å². The predicted octanol–water partition coefficient (Wildman–Crippen LogP) is 2.56. The summed E-state index contributed by atoms with van der Waals surface area (Å²) in [5, 5.41) is 21.2. The second-order valence-corrected chi connectivity index (χ2v) is 8.58. The van der Waals surface area contributed by atoms with Crippen LogP contribution in [0.3, 0.4) is 0 Å². The molecular weight excluding hydrogens is 328 g/mol. The first kappa shape index (κ1) is 21.4. The van der Waals surface area contributed by atoms with Crippen LogP contribution in [0.25, 0.3) is 0 Å². The van der Waals surface area contributed by atoms with Crippen molar-refractivity contribution >= 4 is 24.2 Å². The molecule has 0 spiro atoms. The number of hydrogen-bond acceptors (Lipinski definition) is 5. The summed E-state index contributed by atoms with van der Waals surface area (Å²) in [5.74, 6) is 0. The van der Waals surface area contributed by atoms with Gasteiger partial charge in [-0.3, -0.25) is 4.98 Å². The lowest BCUT2D eigenvalue weighted by atomic mass is 9.74. The number of nitrogens with zero attached hydrogens (tertiary/aromatic N) is 1. The van der Waals surface area contributed by atoms with Crippen LogP contribution in [0.5, 0.6) is 0 Å². The van der Waals surface area contributed by atoms with Gasteiger partial charge in [-0.05, 0) is 61.5 Å². The molecule has 24 heavy (non-hydrogen) atoms. The molecule has 0 saturated heterocycles. The van der Waals surface area contributed by atoms with Gasteiger partial charge in [0.1, 0.15) is 0 Å². The number of aromatic nitrogens is 1. The summed E-state index contributed by atoms with van der Waals surface area (Å²) < 4.78 is 12.2. The molecule has 1 rings (SSSR count). The third-order valence-electron chi connectivity index (χ3n) is 4.75. The van der Waals surface area contributed by atoms with E-state index in [1.54, 1.807) is 67.7 Å². The van der Waals surface area contributed by atoms with Gasteiger partial charge in [-0.15, -0.1) is 0 Å². The van der Waals surface area contributed by atoms with Crippen molar-refractivity contribution < 1.29 is 19.5 Å². The number of hydrogen-bond donors (Lipinski definition) is 2. The zero-order valence-corrected chi connectivity index (χ0v) is 16.6. The van der Waals surface area contributed by atoms with E-state index in [-0.39, 0.29) is 0 Å². The highest BCUT2D eigenvalue weighted by Gasteiger charge is 2.45. The van der Waals surface area contributed by atoms with E-state index in [2.05, 4.69) is 4.98 Å². The first-order valence-electron chi connectivity index (χ1n) is 7.98. The second kappa shape index (κ2) is 6.92. The average Bonchev–Trinajstić information content (AvgIpc) is 2.34. The lowest BCUT2D eigenvalue weighted by molar-refractivity contribution is -0.132. The van der Waals surface area contributed by atoms with Crippen LogP contribution in [0.4, 0.5) is 0 Å². The van der Waals surface area contributed by atoms with Crippen LogP contribution >= 0.6 is 11.6 Å². The largest absolute Gasteiger partial charge is 0.496 e. The molecule has 0 atom stereocenters. The highest BCUT2D eigenvalue weighted by Crippen LogP contribution is 2.30. The number of aliphatic hydroxyl groups is 2. The summed E-state index contributed by atoms with van der Waals surface area (Å²) in [7, 11) is -0.862. The van der Waals surface area contributed by atoms with E-state index in [4.69, 9.17) is 20.9 Å². The molecule has 1 aromatic rings. The Balaban J connectivity index is 3.23. The summed E-state index contributed by atoms with van der Waals surface area (Å²) in [6, 6.07) is 1.69. The lowest BCUT2D eigenvalue weighted by Gasteiger charge is -2.43. The van der Waals surface area contributed by atoms with Gasteiger partial charge in [0.15, 0.2) is 0 Å². The van der Waals surface area contributed by atoms with Gasteiger partial charge >= 0.3 is 7.12 Å². The number of rotatable bonds is 7. The molecule has 0 radical (unpaired) electrons. The molecule has 7 heteroatoms. The fourth-order valence-electron chi connectivity index (χ4n) is 1.54. The SMILES string of the molecule is CC(C)(O)C(C)(C)OB(OC(C)(C)C(C)(C)O)c1cncc(Cl)c1. The van der Waals surface area contributed by atoms with Gasteiger partial charge < -0.3 is 19.5 Å². The van der Waals surface area contributed by atoms with Gasteiger partial charge in [-0.1, -0.05) is 11.6 Å². The molecule has 136 valence electrons. The molecule has 0 saturated carbocycles. The zero-order valence-electron chi connectivity index (χ0n) is 15.8. The normalized spacial score (nSPS) is 14.0. The highest BCUT2D eigenvalue weighted by molar-refractivity contribution is 6.61. The molecular formula is C17H29BClNO4. The molecule has 5 nitrogen and oxygen atoms in total. The van der Waals surface area contributed by atoms with Gasteiger partial charge in [0.25, 0.3) is 0 Å². The Morgan fingerprint density at radius 2 is 1.29 bits per heavy atom. The van der Waals surface area contributed by atoms with Crippen molar-refractivity contribution in [3.05, 3.63) is 23.5 Å². The summed E-state index contributed by atoms with van der Waals surface area (Å²) in [5.41, 5.74) is -3.46. The van der Waals surface area contributed by atoms with Gasteiger partial charge in [0.05, 0.1) is 27.4 Å². The van der Waals surface area contributed by atoms with Crippen LogP contribution in [0.15, 0.2) is 18.5 Å². The maximum atomic E-state index is 10.4. The molecule has 0 fully saturated rings. The Kier molecular flexibility index (Phi) is 6.17. The summed E-state index contributed by atoms with van der Waals surface area (Å²) in [4.78, 5) is 4.07. The summed E-state index contributed by atoms with van der Waals surface area (Å²) >= 11 is 6.04. The lowest BCUT2D eigenvalue weighted by Crippen LogP contribution is -2.58. The van der Waals surface area contributed by atoms with Gasteiger partial charge in [-0.25, -0.2) is 0 Å². The molecule has 0 unspecified atom stereocenters. The Bertz CT molecular complexity index is 536. The Hall–Kier alpha value is -0.655. The summed E-state index contributed by atoms with van der Waals surface area (Å²) in [6.45, 7) is 13.8. The minimum Gasteiger partial charge on any atom is -0.399 e. The number of pyridine rings is 1. The van der Waals surface area contributed by atoms with E-state index in [1.165, 1.54) is 6.20 Å². The molecule has 1 heterocycles. The van der Waals surface area contributed by atoms with Crippen molar-refractivity contribution in [2.45, 2.75) is 77.8 Å². The van der Waals surface area contributed by atoms with E-state index in [9.17, 15) is 10.2 Å². The Morgan fingerprint density at radius 3 is 1.62 bits per heavy atom. The third kappa shape index (κ3) is 5.17. The average molecular weight is 358 g/mol. The molecule has 0 amide bonds. The molecule has 0 bridgehead atoms. The van der Waals surface area contributed by atoms with Gasteiger partial charge in [0.2, 0.25) is 0 Å². The van der Waals surface area contributed by atoms with E-state index >= 15 is 0 Å². The van der Waals surface area contributed by atoms with Crippen LogP contribution in [0, 0.1) is 0 Å². The van der Waals surface area contributed by atoms with E-state index in [0.29, 0.717) is 10.5 Å². The standard InChI is InChI=1S/C17H29BClNO4/c1-14(2,21)16(5,6)23-18(12-9-13(19)11-20-10-12)24-17(7,8)15(3,4)22/h9-11,21-22H,1-8H3. The van der Waals surface area contributed by atoms with Gasteiger partial charge in [-0.2, -0.15) is 0 Å². The second-order valence-electron chi connectivity index (χ2n) is 8.14. The Labute approximate surface area is 150 Å². The topological polar surface area (TPSA) is 71.8 Å². The van der Waals surface area contributed by atoms with Crippen molar-refractivity contribution in [2.75, 3.05) is 0 Å². The molecule has 0 aromatic carbocycles. The van der Waals surface area contributed by atoms with Crippen molar-refractivity contribution in [1.29, 1.82) is 0 Å². The molecule has 0 aliphatic heterocycles. The van der Waals surface area contributed by atoms with E-state index in [1.807, 2.05) is 0 Å². The van der Waals surface area contributed by atoms with Gasteiger partial charge in [0, 0.05) is 17.9 Å². The smallest absolute Gasteiger partial charge is 0.399 e. The molecule has 2 N–H and O–H groups in total.